The Morgan fingerprint density at radius 2 is 2.36 bits per heavy atom. The Hall–Kier alpha value is -1.28. The van der Waals surface area contributed by atoms with Gasteiger partial charge >= 0.3 is 0 Å². The third-order valence-corrected chi connectivity index (χ3v) is 2.30. The van der Waals surface area contributed by atoms with Gasteiger partial charge in [0.2, 0.25) is 5.24 Å². The highest BCUT2D eigenvalue weighted by Gasteiger charge is 2.13. The first-order valence-electron chi connectivity index (χ1n) is 4.39. The second-order valence-electron chi connectivity index (χ2n) is 3.06. The lowest BCUT2D eigenvalue weighted by Crippen LogP contribution is -1.86. The van der Waals surface area contributed by atoms with Crippen molar-refractivity contribution in [2.24, 2.45) is 0 Å². The van der Waals surface area contributed by atoms with Crippen molar-refractivity contribution in [1.82, 2.24) is 0 Å². The molecule has 3 heteroatoms. The monoisotopic (exact) mass is 208 g/mol. The van der Waals surface area contributed by atoms with Crippen molar-refractivity contribution in [2.75, 3.05) is 6.61 Å². The molecule has 0 fully saturated rings. The Morgan fingerprint density at radius 3 is 3.14 bits per heavy atom. The zero-order valence-corrected chi connectivity index (χ0v) is 8.25. The van der Waals surface area contributed by atoms with E-state index in [1.54, 1.807) is 6.08 Å². The molecule has 1 aliphatic heterocycles. The molecule has 0 spiro atoms. The van der Waals surface area contributed by atoms with Gasteiger partial charge in [-0.2, -0.15) is 0 Å². The summed E-state index contributed by atoms with van der Waals surface area (Å²) in [5.41, 5.74) is 2.16. The normalized spacial score (nSPS) is 14.1. The minimum absolute atomic E-state index is 0.457. The molecule has 0 aromatic heterocycles. The number of rotatable bonds is 2. The molecule has 0 aliphatic carbocycles. The zero-order valence-electron chi connectivity index (χ0n) is 7.50. The van der Waals surface area contributed by atoms with Gasteiger partial charge < -0.3 is 4.74 Å². The average Bonchev–Trinajstić information content (AvgIpc) is 2.62. The van der Waals surface area contributed by atoms with Crippen LogP contribution in [0.1, 0.15) is 11.1 Å². The van der Waals surface area contributed by atoms with Gasteiger partial charge in [0.1, 0.15) is 5.75 Å². The van der Waals surface area contributed by atoms with Crippen molar-refractivity contribution in [3.63, 3.8) is 0 Å². The molecule has 2 nitrogen and oxygen atoms in total. The number of hydrogen-bond donors (Lipinski definition) is 0. The molecule has 0 radical (unpaired) electrons. The molecule has 0 saturated carbocycles. The van der Waals surface area contributed by atoms with Gasteiger partial charge in [0.05, 0.1) is 6.61 Å². The fourth-order valence-corrected chi connectivity index (χ4v) is 1.62. The van der Waals surface area contributed by atoms with Crippen molar-refractivity contribution < 1.29 is 9.53 Å². The molecule has 1 aliphatic rings. The quantitative estimate of drug-likeness (QED) is 0.551. The van der Waals surface area contributed by atoms with Gasteiger partial charge in [-0.05, 0) is 35.4 Å². The Morgan fingerprint density at radius 1 is 1.50 bits per heavy atom. The SMILES string of the molecule is O=C(Cl)C=Cc1cccc2c1CCO2. The maximum Gasteiger partial charge on any atom is 0.245 e. The number of halogens is 1. The van der Waals surface area contributed by atoms with Gasteiger partial charge in [-0.3, -0.25) is 4.79 Å². The molecule has 14 heavy (non-hydrogen) atoms. The number of carbonyl (C=O) groups excluding carboxylic acids is 1. The van der Waals surface area contributed by atoms with Crippen molar-refractivity contribution in [2.45, 2.75) is 6.42 Å². The number of benzene rings is 1. The molecular formula is C11H9ClO2. The van der Waals surface area contributed by atoms with Gasteiger partial charge in [0.25, 0.3) is 0 Å². The van der Waals surface area contributed by atoms with E-state index in [-0.39, 0.29) is 0 Å². The maximum absolute atomic E-state index is 10.6. The molecule has 0 bridgehead atoms. The van der Waals surface area contributed by atoms with Crippen molar-refractivity contribution >= 4 is 22.9 Å². The largest absolute Gasteiger partial charge is 0.493 e. The topological polar surface area (TPSA) is 26.3 Å². The lowest BCUT2D eigenvalue weighted by atomic mass is 10.1. The van der Waals surface area contributed by atoms with Crippen LogP contribution in [0.4, 0.5) is 0 Å². The van der Waals surface area contributed by atoms with E-state index in [9.17, 15) is 4.79 Å². The molecule has 0 unspecified atom stereocenters. The summed E-state index contributed by atoms with van der Waals surface area (Å²) in [6, 6.07) is 5.79. The lowest BCUT2D eigenvalue weighted by molar-refractivity contribution is -0.107. The van der Waals surface area contributed by atoms with E-state index >= 15 is 0 Å². The van der Waals surface area contributed by atoms with Gasteiger partial charge in [0.15, 0.2) is 0 Å². The van der Waals surface area contributed by atoms with Gasteiger partial charge in [-0.25, -0.2) is 0 Å². The molecule has 0 saturated heterocycles. The zero-order chi connectivity index (χ0) is 9.97. The fraction of sp³-hybridized carbons (Fsp3) is 0.182. The summed E-state index contributed by atoms with van der Waals surface area (Å²) in [6.07, 6.45) is 3.98. The summed E-state index contributed by atoms with van der Waals surface area (Å²) in [6.45, 7) is 0.717. The number of allylic oxidation sites excluding steroid dienone is 1. The van der Waals surface area contributed by atoms with Crippen molar-refractivity contribution in [3.05, 3.63) is 35.4 Å². The molecule has 1 heterocycles. The third-order valence-electron chi connectivity index (χ3n) is 2.17. The van der Waals surface area contributed by atoms with Crippen LogP contribution in [0.5, 0.6) is 5.75 Å². The summed E-state index contributed by atoms with van der Waals surface area (Å²) in [7, 11) is 0. The van der Waals surface area contributed by atoms with Crippen LogP contribution >= 0.6 is 11.6 Å². The van der Waals surface area contributed by atoms with E-state index in [1.165, 1.54) is 6.08 Å². The van der Waals surface area contributed by atoms with Gasteiger partial charge in [0, 0.05) is 12.0 Å². The number of carbonyl (C=O) groups is 1. The highest BCUT2D eigenvalue weighted by atomic mass is 35.5. The van der Waals surface area contributed by atoms with Crippen molar-refractivity contribution in [1.29, 1.82) is 0 Å². The van der Waals surface area contributed by atoms with Crippen LogP contribution in [-0.4, -0.2) is 11.8 Å². The van der Waals surface area contributed by atoms with Crippen LogP contribution in [0.25, 0.3) is 6.08 Å². The van der Waals surface area contributed by atoms with Crippen LogP contribution in [0.15, 0.2) is 24.3 Å². The molecule has 0 amide bonds. The smallest absolute Gasteiger partial charge is 0.245 e. The molecule has 0 N–H and O–H groups in total. The van der Waals surface area contributed by atoms with E-state index < -0.39 is 5.24 Å². The standard InChI is InChI=1S/C11H9ClO2/c12-11(13)5-4-8-2-1-3-10-9(8)6-7-14-10/h1-5H,6-7H2. The van der Waals surface area contributed by atoms with E-state index in [0.29, 0.717) is 0 Å². The average molecular weight is 209 g/mol. The Labute approximate surface area is 87.1 Å². The van der Waals surface area contributed by atoms with E-state index in [2.05, 4.69) is 0 Å². The predicted molar refractivity (Wildman–Crippen MR) is 55.5 cm³/mol. The molecule has 1 aromatic carbocycles. The second kappa shape index (κ2) is 3.84. The summed E-state index contributed by atoms with van der Waals surface area (Å²) in [4.78, 5) is 10.6. The predicted octanol–water partition coefficient (Wildman–Crippen LogP) is 2.40. The van der Waals surface area contributed by atoms with E-state index in [4.69, 9.17) is 16.3 Å². The number of ether oxygens (including phenoxy) is 1. The van der Waals surface area contributed by atoms with Gasteiger partial charge in [-0.15, -0.1) is 0 Å². The summed E-state index contributed by atoms with van der Waals surface area (Å²) in [5.74, 6) is 0.911. The highest BCUT2D eigenvalue weighted by molar-refractivity contribution is 6.66. The number of fused-ring (bicyclic) bond motifs is 1. The minimum Gasteiger partial charge on any atom is -0.493 e. The summed E-state index contributed by atoms with van der Waals surface area (Å²) in [5, 5.41) is -0.457. The Bertz CT molecular complexity index is 396. The lowest BCUT2D eigenvalue weighted by Gasteiger charge is -2.00. The van der Waals surface area contributed by atoms with Crippen LogP contribution < -0.4 is 4.74 Å². The maximum atomic E-state index is 10.6. The van der Waals surface area contributed by atoms with Crippen LogP contribution in [0, 0.1) is 0 Å². The van der Waals surface area contributed by atoms with E-state index in [0.717, 1.165) is 29.9 Å². The molecular weight excluding hydrogens is 200 g/mol. The minimum atomic E-state index is -0.457. The van der Waals surface area contributed by atoms with E-state index in [1.807, 2.05) is 18.2 Å². The van der Waals surface area contributed by atoms with Crippen molar-refractivity contribution in [3.8, 4) is 5.75 Å². The van der Waals surface area contributed by atoms with Gasteiger partial charge in [-0.1, -0.05) is 12.1 Å². The number of hydrogen-bond acceptors (Lipinski definition) is 2. The molecule has 72 valence electrons. The van der Waals surface area contributed by atoms with Crippen LogP contribution in [0.3, 0.4) is 0 Å². The third kappa shape index (κ3) is 1.80. The molecule has 1 aromatic rings. The Kier molecular flexibility index (Phi) is 2.55. The second-order valence-corrected chi connectivity index (χ2v) is 3.43. The first kappa shape index (κ1) is 9.28. The highest BCUT2D eigenvalue weighted by Crippen LogP contribution is 2.28. The van der Waals surface area contributed by atoms with Crippen LogP contribution in [0.2, 0.25) is 0 Å². The molecule has 0 atom stereocenters. The first-order valence-corrected chi connectivity index (χ1v) is 4.77. The summed E-state index contributed by atoms with van der Waals surface area (Å²) >= 11 is 5.22. The first-order chi connectivity index (χ1) is 6.77. The fourth-order valence-electron chi connectivity index (χ4n) is 1.56. The Balaban J connectivity index is 2.35. The van der Waals surface area contributed by atoms with Crippen LogP contribution in [-0.2, 0) is 11.2 Å². The molecule has 2 rings (SSSR count). The summed E-state index contributed by atoms with van der Waals surface area (Å²) < 4.78 is 5.39.